The number of nitrogens with two attached hydrogens (primary N) is 1. The maximum Gasteiger partial charge on any atom is 0.228 e. The molecule has 1 unspecified atom stereocenters. The van der Waals surface area contributed by atoms with Gasteiger partial charge in [-0.1, -0.05) is 31.7 Å². The van der Waals surface area contributed by atoms with Crippen LogP contribution in [0, 0.1) is 5.41 Å². The van der Waals surface area contributed by atoms with E-state index in [0.29, 0.717) is 6.54 Å². The lowest BCUT2D eigenvalue weighted by Crippen LogP contribution is -2.46. The van der Waals surface area contributed by atoms with Crippen molar-refractivity contribution < 1.29 is 4.79 Å². The molecule has 1 aliphatic rings. The molecule has 0 aliphatic heterocycles. The molecule has 1 saturated carbocycles. The Balaban J connectivity index is 2.05. The zero-order valence-electron chi connectivity index (χ0n) is 12.3. The van der Waals surface area contributed by atoms with Crippen molar-refractivity contribution in [3.8, 4) is 0 Å². The van der Waals surface area contributed by atoms with E-state index in [1.54, 1.807) is 6.20 Å². The molecule has 0 saturated heterocycles. The van der Waals surface area contributed by atoms with Crippen LogP contribution in [0.4, 0.5) is 0 Å². The minimum absolute atomic E-state index is 0.0737. The van der Waals surface area contributed by atoms with Crippen molar-refractivity contribution in [3.05, 3.63) is 30.1 Å². The zero-order valence-corrected chi connectivity index (χ0v) is 12.3. The minimum Gasteiger partial charge on any atom is -0.347 e. The number of rotatable bonds is 4. The Kier molecular flexibility index (Phi) is 5.12. The molecule has 0 spiro atoms. The summed E-state index contributed by atoms with van der Waals surface area (Å²) in [6.07, 6.45) is 8.19. The number of aromatic nitrogens is 1. The van der Waals surface area contributed by atoms with Crippen LogP contribution in [0.3, 0.4) is 0 Å². The number of hydrogen-bond acceptors (Lipinski definition) is 3. The maximum atomic E-state index is 12.7. The summed E-state index contributed by atoms with van der Waals surface area (Å²) < 4.78 is 0. The van der Waals surface area contributed by atoms with Gasteiger partial charge in [0.1, 0.15) is 0 Å². The third kappa shape index (κ3) is 3.37. The quantitative estimate of drug-likeness (QED) is 0.830. The molecule has 110 valence electrons. The van der Waals surface area contributed by atoms with Crippen LogP contribution in [0.5, 0.6) is 0 Å². The van der Waals surface area contributed by atoms with E-state index in [-0.39, 0.29) is 17.4 Å². The fourth-order valence-electron chi connectivity index (χ4n) is 2.98. The van der Waals surface area contributed by atoms with Crippen molar-refractivity contribution in [2.45, 2.75) is 51.5 Å². The van der Waals surface area contributed by atoms with Crippen LogP contribution in [0.15, 0.2) is 24.4 Å². The molecule has 20 heavy (non-hydrogen) atoms. The van der Waals surface area contributed by atoms with Gasteiger partial charge in [-0.05, 0) is 31.9 Å². The molecule has 3 N–H and O–H groups in total. The topological polar surface area (TPSA) is 68.0 Å². The zero-order chi connectivity index (χ0) is 14.4. The molecule has 1 aliphatic carbocycles. The second-order valence-electron chi connectivity index (χ2n) is 5.85. The average molecular weight is 275 g/mol. The van der Waals surface area contributed by atoms with E-state index in [9.17, 15) is 4.79 Å². The van der Waals surface area contributed by atoms with Gasteiger partial charge < -0.3 is 11.1 Å². The highest BCUT2D eigenvalue weighted by molar-refractivity contribution is 5.83. The van der Waals surface area contributed by atoms with Crippen molar-refractivity contribution in [3.63, 3.8) is 0 Å². The smallest absolute Gasteiger partial charge is 0.228 e. The van der Waals surface area contributed by atoms with Crippen LogP contribution < -0.4 is 11.1 Å². The van der Waals surface area contributed by atoms with E-state index in [0.717, 1.165) is 31.4 Å². The van der Waals surface area contributed by atoms with E-state index < -0.39 is 0 Å². The molecule has 4 heteroatoms. The largest absolute Gasteiger partial charge is 0.347 e. The molecule has 2 rings (SSSR count). The first kappa shape index (κ1) is 15.0. The van der Waals surface area contributed by atoms with Gasteiger partial charge in [-0.3, -0.25) is 9.78 Å². The first-order chi connectivity index (χ1) is 9.68. The van der Waals surface area contributed by atoms with Gasteiger partial charge in [0, 0.05) is 12.7 Å². The minimum atomic E-state index is -0.375. The molecule has 0 radical (unpaired) electrons. The van der Waals surface area contributed by atoms with Crippen molar-refractivity contribution in [1.29, 1.82) is 0 Å². The van der Waals surface area contributed by atoms with E-state index >= 15 is 0 Å². The predicted molar refractivity (Wildman–Crippen MR) is 80.0 cm³/mol. The van der Waals surface area contributed by atoms with Gasteiger partial charge in [-0.25, -0.2) is 0 Å². The van der Waals surface area contributed by atoms with E-state index in [1.165, 1.54) is 12.8 Å². The third-order valence-corrected chi connectivity index (χ3v) is 4.41. The van der Waals surface area contributed by atoms with Crippen LogP contribution in [0.25, 0.3) is 0 Å². The van der Waals surface area contributed by atoms with Crippen LogP contribution in [-0.4, -0.2) is 17.4 Å². The van der Waals surface area contributed by atoms with Gasteiger partial charge in [-0.2, -0.15) is 0 Å². The van der Waals surface area contributed by atoms with E-state index in [1.807, 2.05) is 25.1 Å². The summed E-state index contributed by atoms with van der Waals surface area (Å²) in [6, 6.07) is 5.68. The van der Waals surface area contributed by atoms with Crippen LogP contribution in [0.2, 0.25) is 0 Å². The molecule has 0 aromatic carbocycles. The van der Waals surface area contributed by atoms with Gasteiger partial charge in [0.15, 0.2) is 0 Å². The molecule has 1 atom stereocenters. The second kappa shape index (κ2) is 6.84. The van der Waals surface area contributed by atoms with E-state index in [2.05, 4.69) is 10.3 Å². The summed E-state index contributed by atoms with van der Waals surface area (Å²) in [5.41, 5.74) is 6.46. The molecule has 4 nitrogen and oxygen atoms in total. The summed E-state index contributed by atoms with van der Waals surface area (Å²) in [5, 5.41) is 3.10. The van der Waals surface area contributed by atoms with Crippen LogP contribution >= 0.6 is 0 Å². The molecule has 1 fully saturated rings. The lowest BCUT2D eigenvalue weighted by Gasteiger charge is -2.31. The summed E-state index contributed by atoms with van der Waals surface area (Å²) in [5.74, 6) is 0.0973. The fraction of sp³-hybridized carbons (Fsp3) is 0.625. The molecule has 1 aromatic rings. The fourth-order valence-corrected chi connectivity index (χ4v) is 2.98. The number of nitrogens with one attached hydrogen (secondary N) is 1. The number of nitrogens with zero attached hydrogens (tertiary/aromatic N) is 1. The summed E-state index contributed by atoms with van der Waals surface area (Å²) in [7, 11) is 0. The highest BCUT2D eigenvalue weighted by atomic mass is 16.2. The lowest BCUT2D eigenvalue weighted by atomic mass is 9.79. The lowest BCUT2D eigenvalue weighted by molar-refractivity contribution is -0.132. The normalized spacial score (nSPS) is 19.9. The number of carbonyl (C=O) groups excluding carboxylic acids is 1. The van der Waals surface area contributed by atoms with Crippen molar-refractivity contribution >= 4 is 5.91 Å². The Morgan fingerprint density at radius 2 is 2.05 bits per heavy atom. The van der Waals surface area contributed by atoms with Crippen LogP contribution in [-0.2, 0) is 4.79 Å². The summed E-state index contributed by atoms with van der Waals surface area (Å²) in [4.78, 5) is 17.0. The predicted octanol–water partition coefficient (Wildman–Crippen LogP) is 2.56. The standard InChI is InChI=1S/C16H25N3O/c1-13(14-8-4-7-11-18-14)19-15(20)16(12-17)9-5-2-3-6-10-16/h4,7-8,11,13H,2-3,5-6,9-10,12,17H2,1H3,(H,19,20). The first-order valence-corrected chi connectivity index (χ1v) is 7.60. The summed E-state index contributed by atoms with van der Waals surface area (Å²) in [6.45, 7) is 2.41. The van der Waals surface area contributed by atoms with Gasteiger partial charge in [0.25, 0.3) is 0 Å². The molecular formula is C16H25N3O. The van der Waals surface area contributed by atoms with Gasteiger partial charge in [0.2, 0.25) is 5.91 Å². The Morgan fingerprint density at radius 1 is 1.35 bits per heavy atom. The number of pyridine rings is 1. The molecular weight excluding hydrogens is 250 g/mol. The monoisotopic (exact) mass is 275 g/mol. The third-order valence-electron chi connectivity index (χ3n) is 4.41. The Labute approximate surface area is 121 Å². The SMILES string of the molecule is CC(NC(=O)C1(CN)CCCCCC1)c1ccccn1. The molecule has 0 bridgehead atoms. The number of carbonyl (C=O) groups is 1. The van der Waals surface area contributed by atoms with Gasteiger partial charge in [-0.15, -0.1) is 0 Å². The highest BCUT2D eigenvalue weighted by Gasteiger charge is 2.37. The van der Waals surface area contributed by atoms with Gasteiger partial charge >= 0.3 is 0 Å². The highest BCUT2D eigenvalue weighted by Crippen LogP contribution is 2.34. The van der Waals surface area contributed by atoms with E-state index in [4.69, 9.17) is 5.73 Å². The first-order valence-electron chi connectivity index (χ1n) is 7.60. The second-order valence-corrected chi connectivity index (χ2v) is 5.85. The summed E-state index contributed by atoms with van der Waals surface area (Å²) >= 11 is 0. The Morgan fingerprint density at radius 3 is 2.60 bits per heavy atom. The van der Waals surface area contributed by atoms with Crippen LogP contribution in [0.1, 0.15) is 57.2 Å². The molecule has 1 aromatic heterocycles. The molecule has 1 amide bonds. The van der Waals surface area contributed by atoms with Crippen molar-refractivity contribution in [2.75, 3.05) is 6.54 Å². The Bertz CT molecular complexity index is 425. The molecule has 1 heterocycles. The van der Waals surface area contributed by atoms with Gasteiger partial charge in [0.05, 0.1) is 17.2 Å². The Hall–Kier alpha value is -1.42. The number of hydrogen-bond donors (Lipinski definition) is 2. The number of amides is 1. The maximum absolute atomic E-state index is 12.7. The average Bonchev–Trinajstić information content (AvgIpc) is 2.74. The van der Waals surface area contributed by atoms with Crippen molar-refractivity contribution in [1.82, 2.24) is 10.3 Å². The van der Waals surface area contributed by atoms with Crippen molar-refractivity contribution in [2.24, 2.45) is 11.1 Å².